The summed E-state index contributed by atoms with van der Waals surface area (Å²) < 4.78 is 55.4. The maximum absolute atomic E-state index is 12.7. The van der Waals surface area contributed by atoms with E-state index in [1.807, 2.05) is 6.92 Å². The monoisotopic (exact) mass is 428 g/mol. The van der Waals surface area contributed by atoms with Crippen molar-refractivity contribution in [2.45, 2.75) is 30.1 Å². The molecule has 0 aliphatic carbocycles. The lowest BCUT2D eigenvalue weighted by Crippen LogP contribution is -2.14. The highest BCUT2D eigenvalue weighted by Crippen LogP contribution is 2.33. The number of hydrogen-bond acceptors (Lipinski definition) is 8. The Labute approximate surface area is 160 Å². The molecule has 3 rings (SSSR count). The predicted octanol–water partition coefficient (Wildman–Crippen LogP) is 2.12. The zero-order valence-electron chi connectivity index (χ0n) is 14.3. The summed E-state index contributed by atoms with van der Waals surface area (Å²) in [6.45, 7) is 3.55. The Hall–Kier alpha value is -2.28. The minimum atomic E-state index is -3.88. The van der Waals surface area contributed by atoms with Gasteiger partial charge >= 0.3 is 0 Å². The van der Waals surface area contributed by atoms with Gasteiger partial charge in [0.2, 0.25) is 21.7 Å². The van der Waals surface area contributed by atoms with Crippen LogP contribution in [0.5, 0.6) is 0 Å². The molecule has 0 aliphatic rings. The van der Waals surface area contributed by atoms with Gasteiger partial charge in [0, 0.05) is 17.0 Å². The van der Waals surface area contributed by atoms with E-state index in [9.17, 15) is 16.8 Å². The van der Waals surface area contributed by atoms with Crippen molar-refractivity contribution in [3.8, 4) is 10.7 Å². The number of aromatic nitrogens is 2. The zero-order valence-corrected chi connectivity index (χ0v) is 16.8. The SMILES string of the molecule is CCc1nc(-c2cc(S(=O)(=O)Nc3ccc(S(N)(=O)=O)cc3)c(C)s2)no1. The van der Waals surface area contributed by atoms with Gasteiger partial charge in [-0.25, -0.2) is 22.0 Å². The van der Waals surface area contributed by atoms with Gasteiger partial charge in [-0.15, -0.1) is 11.3 Å². The van der Waals surface area contributed by atoms with Gasteiger partial charge in [-0.05, 0) is 37.3 Å². The number of anilines is 1. The van der Waals surface area contributed by atoms with Crippen LogP contribution in [0.15, 0.2) is 44.6 Å². The van der Waals surface area contributed by atoms with E-state index in [4.69, 9.17) is 9.66 Å². The van der Waals surface area contributed by atoms with E-state index in [1.54, 1.807) is 6.92 Å². The number of sulfonamides is 2. The van der Waals surface area contributed by atoms with Crippen LogP contribution in [-0.2, 0) is 26.5 Å². The van der Waals surface area contributed by atoms with Gasteiger partial charge in [-0.2, -0.15) is 4.98 Å². The first-order valence-corrected chi connectivity index (χ1v) is 11.5. The van der Waals surface area contributed by atoms with Gasteiger partial charge in [-0.1, -0.05) is 12.1 Å². The van der Waals surface area contributed by atoms with Crippen molar-refractivity contribution in [3.05, 3.63) is 41.1 Å². The van der Waals surface area contributed by atoms with Crippen LogP contribution in [0.2, 0.25) is 0 Å². The Bertz CT molecular complexity index is 1180. The van der Waals surface area contributed by atoms with E-state index >= 15 is 0 Å². The number of nitrogens with two attached hydrogens (primary N) is 1. The molecule has 0 saturated carbocycles. The maximum atomic E-state index is 12.7. The number of nitrogens with one attached hydrogen (secondary N) is 1. The molecule has 0 aliphatic heterocycles. The standard InChI is InChI=1S/C15H16N4O5S3/c1-3-14-17-15(18-24-14)12-8-13(9(2)25-12)27(22,23)19-10-4-6-11(7-5-10)26(16,20)21/h4-8,19H,3H2,1-2H3,(H2,16,20,21). The van der Waals surface area contributed by atoms with Crippen LogP contribution in [0.25, 0.3) is 10.7 Å². The highest BCUT2D eigenvalue weighted by atomic mass is 32.2. The molecule has 2 aromatic heterocycles. The molecule has 3 N–H and O–H groups in total. The minimum Gasteiger partial charge on any atom is -0.339 e. The van der Waals surface area contributed by atoms with Crippen molar-refractivity contribution < 1.29 is 21.4 Å². The molecule has 0 atom stereocenters. The van der Waals surface area contributed by atoms with E-state index in [1.165, 1.54) is 41.7 Å². The van der Waals surface area contributed by atoms with Gasteiger partial charge in [-0.3, -0.25) is 4.72 Å². The molecule has 0 fully saturated rings. The van der Waals surface area contributed by atoms with Crippen molar-refractivity contribution in [3.63, 3.8) is 0 Å². The Balaban J connectivity index is 1.89. The van der Waals surface area contributed by atoms with Gasteiger partial charge < -0.3 is 4.52 Å². The highest BCUT2D eigenvalue weighted by Gasteiger charge is 2.22. The Kier molecular flexibility index (Phi) is 5.08. The average molecular weight is 429 g/mol. The zero-order chi connectivity index (χ0) is 19.8. The molecular formula is C15H16N4O5S3. The molecule has 0 bridgehead atoms. The third kappa shape index (κ3) is 4.18. The van der Waals surface area contributed by atoms with Gasteiger partial charge in [0.25, 0.3) is 10.0 Å². The second-order valence-electron chi connectivity index (χ2n) is 5.57. The lowest BCUT2D eigenvalue weighted by molar-refractivity contribution is 0.383. The van der Waals surface area contributed by atoms with Gasteiger partial charge in [0.15, 0.2) is 0 Å². The number of primary sulfonamides is 1. The lowest BCUT2D eigenvalue weighted by Gasteiger charge is -2.08. The van der Waals surface area contributed by atoms with Crippen molar-refractivity contribution in [1.29, 1.82) is 0 Å². The van der Waals surface area contributed by atoms with Gasteiger partial charge in [0.05, 0.1) is 9.77 Å². The maximum Gasteiger partial charge on any atom is 0.263 e. The van der Waals surface area contributed by atoms with Crippen LogP contribution < -0.4 is 9.86 Å². The molecule has 27 heavy (non-hydrogen) atoms. The molecule has 0 unspecified atom stereocenters. The Morgan fingerprint density at radius 2 is 1.85 bits per heavy atom. The van der Waals surface area contributed by atoms with Crippen molar-refractivity contribution >= 4 is 37.1 Å². The van der Waals surface area contributed by atoms with E-state index < -0.39 is 20.0 Å². The summed E-state index contributed by atoms with van der Waals surface area (Å²) in [7, 11) is -7.73. The normalized spacial score (nSPS) is 12.3. The summed E-state index contributed by atoms with van der Waals surface area (Å²) in [5.74, 6) is 0.799. The van der Waals surface area contributed by atoms with E-state index in [0.717, 1.165) is 0 Å². The average Bonchev–Trinajstić information content (AvgIpc) is 3.20. The fraction of sp³-hybridized carbons (Fsp3) is 0.200. The van der Waals surface area contributed by atoms with E-state index in [-0.39, 0.29) is 15.5 Å². The van der Waals surface area contributed by atoms with Gasteiger partial charge in [0.1, 0.15) is 4.90 Å². The quantitative estimate of drug-likeness (QED) is 0.611. The van der Waals surface area contributed by atoms with Crippen LogP contribution in [0.1, 0.15) is 17.7 Å². The third-order valence-corrected chi connectivity index (χ3v) is 7.20. The molecule has 12 heteroatoms. The van der Waals surface area contributed by atoms with Crippen molar-refractivity contribution in [2.24, 2.45) is 5.14 Å². The number of rotatable bonds is 6. The Morgan fingerprint density at radius 1 is 1.19 bits per heavy atom. The number of thiophene rings is 1. The summed E-state index contributed by atoms with van der Waals surface area (Å²) >= 11 is 1.23. The lowest BCUT2D eigenvalue weighted by atomic mass is 10.3. The van der Waals surface area contributed by atoms with E-state index in [2.05, 4.69) is 14.9 Å². The van der Waals surface area contributed by atoms with Crippen LogP contribution in [0.4, 0.5) is 5.69 Å². The molecular weight excluding hydrogens is 412 g/mol. The molecule has 9 nitrogen and oxygen atoms in total. The van der Waals surface area contributed by atoms with Crippen LogP contribution >= 0.6 is 11.3 Å². The first kappa shape index (κ1) is 19.5. The number of nitrogens with zero attached hydrogens (tertiary/aromatic N) is 2. The fourth-order valence-corrected chi connectivity index (χ4v) is 5.36. The first-order valence-electron chi connectivity index (χ1n) is 7.69. The number of benzene rings is 1. The summed E-state index contributed by atoms with van der Waals surface area (Å²) in [5.41, 5.74) is 0.211. The third-order valence-electron chi connectivity index (χ3n) is 3.59. The smallest absolute Gasteiger partial charge is 0.263 e. The molecule has 3 aromatic rings. The second kappa shape index (κ2) is 7.03. The molecule has 0 spiro atoms. The molecule has 2 heterocycles. The number of hydrogen-bond donors (Lipinski definition) is 2. The molecule has 0 amide bonds. The molecule has 144 valence electrons. The summed E-state index contributed by atoms with van der Waals surface area (Å²) in [6.07, 6.45) is 0.582. The molecule has 0 radical (unpaired) electrons. The first-order chi connectivity index (χ1) is 12.6. The van der Waals surface area contributed by atoms with Crippen LogP contribution in [0.3, 0.4) is 0 Å². The molecule has 1 aromatic carbocycles. The van der Waals surface area contributed by atoms with Crippen LogP contribution in [-0.4, -0.2) is 27.0 Å². The fourth-order valence-electron chi connectivity index (χ4n) is 2.26. The summed E-state index contributed by atoms with van der Waals surface area (Å²) in [6, 6.07) is 6.58. The van der Waals surface area contributed by atoms with Crippen molar-refractivity contribution in [1.82, 2.24) is 10.1 Å². The van der Waals surface area contributed by atoms with Crippen LogP contribution in [0, 0.1) is 6.92 Å². The van der Waals surface area contributed by atoms with Crippen molar-refractivity contribution in [2.75, 3.05) is 4.72 Å². The topological polar surface area (TPSA) is 145 Å². The highest BCUT2D eigenvalue weighted by molar-refractivity contribution is 7.93. The predicted molar refractivity (Wildman–Crippen MR) is 100 cm³/mol. The number of aryl methyl sites for hydroxylation is 2. The largest absolute Gasteiger partial charge is 0.339 e. The van der Waals surface area contributed by atoms with E-state index in [0.29, 0.717) is 27.9 Å². The second-order valence-corrected chi connectivity index (χ2v) is 10.0. The minimum absolute atomic E-state index is 0.0841. The summed E-state index contributed by atoms with van der Waals surface area (Å²) in [4.78, 5) is 5.30. The summed E-state index contributed by atoms with van der Waals surface area (Å²) in [5, 5.41) is 8.88. The molecule has 0 saturated heterocycles. The Morgan fingerprint density at radius 3 is 2.41 bits per heavy atom.